The monoisotopic (exact) mass is 387 g/mol. The molecule has 0 aliphatic rings. The number of carbonyl (C=O) groups excluding carboxylic acids is 1. The van der Waals surface area contributed by atoms with Gasteiger partial charge in [-0.2, -0.15) is 0 Å². The third-order valence-corrected chi connectivity index (χ3v) is 5.62. The largest absolute Gasteiger partial charge is 0.455 e. The van der Waals surface area contributed by atoms with Crippen molar-refractivity contribution in [3.63, 3.8) is 0 Å². The fourth-order valence-corrected chi connectivity index (χ4v) is 3.94. The molecule has 0 aliphatic carbocycles. The smallest absolute Gasteiger partial charge is 0.287 e. The molecule has 0 spiro atoms. The van der Waals surface area contributed by atoms with Gasteiger partial charge in [0.25, 0.3) is 5.91 Å². The highest BCUT2D eigenvalue weighted by atomic mass is 35.5. The van der Waals surface area contributed by atoms with E-state index in [0.717, 1.165) is 12.0 Å². The minimum atomic E-state index is -1.33. The van der Waals surface area contributed by atoms with Crippen LogP contribution in [0.1, 0.15) is 21.9 Å². The molecule has 3 aromatic rings. The van der Waals surface area contributed by atoms with E-state index in [1.165, 1.54) is 0 Å². The second-order valence-electron chi connectivity index (χ2n) is 5.68. The normalized spacial score (nSPS) is 11.9. The molecule has 0 aliphatic heterocycles. The fraction of sp³-hybridized carbons (Fsp3) is 0.150. The summed E-state index contributed by atoms with van der Waals surface area (Å²) in [5.74, 6) is 0.581. The molecule has 26 heavy (non-hydrogen) atoms. The average molecular weight is 388 g/mol. The zero-order chi connectivity index (χ0) is 18.4. The van der Waals surface area contributed by atoms with E-state index < -0.39 is 10.8 Å². The summed E-state index contributed by atoms with van der Waals surface area (Å²) in [4.78, 5) is 12.7. The van der Waals surface area contributed by atoms with Crippen molar-refractivity contribution in [2.24, 2.45) is 0 Å². The molecule has 3 rings (SSSR count). The van der Waals surface area contributed by atoms with Crippen LogP contribution in [0, 0.1) is 0 Å². The van der Waals surface area contributed by atoms with Crippen molar-refractivity contribution >= 4 is 28.3 Å². The Bertz CT molecular complexity index is 908. The van der Waals surface area contributed by atoms with Crippen LogP contribution in [0.15, 0.2) is 76.0 Å². The summed E-state index contributed by atoms with van der Waals surface area (Å²) in [6.45, 7) is 0.518. The van der Waals surface area contributed by atoms with E-state index in [4.69, 9.17) is 16.0 Å². The number of hydrogen-bond donors (Lipinski definition) is 1. The predicted octanol–water partition coefficient (Wildman–Crippen LogP) is 4.21. The molecule has 134 valence electrons. The van der Waals surface area contributed by atoms with Gasteiger partial charge in [0.1, 0.15) is 5.76 Å². The fourth-order valence-electron chi connectivity index (χ4n) is 2.47. The number of carbonyl (C=O) groups is 1. The van der Waals surface area contributed by atoms with E-state index in [0.29, 0.717) is 22.2 Å². The van der Waals surface area contributed by atoms with Crippen molar-refractivity contribution in [1.82, 2.24) is 5.32 Å². The molecule has 0 bridgehead atoms. The molecule has 0 unspecified atom stereocenters. The summed E-state index contributed by atoms with van der Waals surface area (Å²) in [6.07, 6.45) is 0.747. The van der Waals surface area contributed by atoms with Crippen LogP contribution in [-0.4, -0.2) is 16.7 Å². The molecule has 0 saturated carbocycles. The lowest BCUT2D eigenvalue weighted by atomic mass is 10.1. The standard InChI is InChI=1S/C20H18ClNO3S/c21-17-8-4-5-9-19(17)26(24)14-16-10-11-18(25-16)20(23)22-13-12-15-6-2-1-3-7-15/h1-11H,12-14H2,(H,22,23)/t26-/m0/s1. The number of nitrogens with one attached hydrogen (secondary N) is 1. The highest BCUT2D eigenvalue weighted by molar-refractivity contribution is 7.84. The molecule has 0 radical (unpaired) electrons. The lowest BCUT2D eigenvalue weighted by Gasteiger charge is -2.04. The van der Waals surface area contributed by atoms with Crippen LogP contribution in [0.25, 0.3) is 0 Å². The first-order valence-corrected chi connectivity index (χ1v) is 9.87. The lowest BCUT2D eigenvalue weighted by Crippen LogP contribution is -2.25. The van der Waals surface area contributed by atoms with Crippen LogP contribution in [0.4, 0.5) is 0 Å². The highest BCUT2D eigenvalue weighted by Gasteiger charge is 2.14. The van der Waals surface area contributed by atoms with E-state index >= 15 is 0 Å². The molecule has 1 amide bonds. The maximum absolute atomic E-state index is 12.4. The van der Waals surface area contributed by atoms with Crippen molar-refractivity contribution in [2.75, 3.05) is 6.54 Å². The lowest BCUT2D eigenvalue weighted by molar-refractivity contribution is 0.0925. The van der Waals surface area contributed by atoms with Gasteiger partial charge in [-0.1, -0.05) is 54.1 Å². The zero-order valence-electron chi connectivity index (χ0n) is 14.0. The molecule has 4 nitrogen and oxygen atoms in total. The number of benzene rings is 2. The first-order chi connectivity index (χ1) is 12.6. The summed E-state index contributed by atoms with van der Waals surface area (Å²) in [7, 11) is -1.33. The van der Waals surface area contributed by atoms with E-state index in [1.807, 2.05) is 30.3 Å². The second-order valence-corrected chi connectivity index (χ2v) is 7.50. The molecular weight excluding hydrogens is 370 g/mol. The summed E-state index contributed by atoms with van der Waals surface area (Å²) < 4.78 is 17.9. The number of hydrogen-bond acceptors (Lipinski definition) is 3. The third kappa shape index (κ3) is 4.84. The Morgan fingerprint density at radius 2 is 1.73 bits per heavy atom. The van der Waals surface area contributed by atoms with Gasteiger partial charge in [-0.05, 0) is 36.2 Å². The van der Waals surface area contributed by atoms with Gasteiger partial charge >= 0.3 is 0 Å². The van der Waals surface area contributed by atoms with Crippen LogP contribution < -0.4 is 5.32 Å². The van der Waals surface area contributed by atoms with Gasteiger partial charge in [0.2, 0.25) is 0 Å². The van der Waals surface area contributed by atoms with Gasteiger partial charge in [-0.15, -0.1) is 0 Å². The Kier molecular flexibility index (Phi) is 6.26. The number of halogens is 1. The van der Waals surface area contributed by atoms with Crippen molar-refractivity contribution in [1.29, 1.82) is 0 Å². The van der Waals surface area contributed by atoms with Gasteiger partial charge < -0.3 is 9.73 Å². The first kappa shape index (κ1) is 18.4. The molecule has 0 saturated heterocycles. The SMILES string of the molecule is O=C(NCCc1ccccc1)c1ccc(C[S@](=O)c2ccccc2Cl)o1. The number of amides is 1. The van der Waals surface area contributed by atoms with Crippen LogP contribution in [0.2, 0.25) is 5.02 Å². The zero-order valence-corrected chi connectivity index (χ0v) is 15.6. The quantitative estimate of drug-likeness (QED) is 0.660. The maximum Gasteiger partial charge on any atom is 0.287 e. The van der Waals surface area contributed by atoms with Gasteiger partial charge in [0, 0.05) is 6.54 Å². The van der Waals surface area contributed by atoms with E-state index in [-0.39, 0.29) is 17.4 Å². The van der Waals surface area contributed by atoms with Crippen molar-refractivity contribution in [3.05, 3.63) is 88.8 Å². The van der Waals surface area contributed by atoms with E-state index in [1.54, 1.807) is 36.4 Å². The Balaban J connectivity index is 1.54. The second kappa shape index (κ2) is 8.83. The summed E-state index contributed by atoms with van der Waals surface area (Å²) >= 11 is 6.06. The minimum Gasteiger partial charge on any atom is -0.455 e. The topological polar surface area (TPSA) is 59.3 Å². The van der Waals surface area contributed by atoms with Gasteiger partial charge in [0.15, 0.2) is 5.76 Å². The van der Waals surface area contributed by atoms with Crippen LogP contribution >= 0.6 is 11.6 Å². The molecule has 1 atom stereocenters. The van der Waals surface area contributed by atoms with Crippen molar-refractivity contribution < 1.29 is 13.4 Å². The Labute approximate surface area is 159 Å². The summed E-state index contributed by atoms with van der Waals surface area (Å²) in [5.41, 5.74) is 1.16. The Morgan fingerprint density at radius 1 is 1.00 bits per heavy atom. The predicted molar refractivity (Wildman–Crippen MR) is 103 cm³/mol. The van der Waals surface area contributed by atoms with Crippen molar-refractivity contribution in [3.8, 4) is 0 Å². The van der Waals surface area contributed by atoms with E-state index in [9.17, 15) is 9.00 Å². The van der Waals surface area contributed by atoms with Crippen molar-refractivity contribution in [2.45, 2.75) is 17.1 Å². The molecule has 0 fully saturated rings. The molecule has 1 heterocycles. The van der Waals surface area contributed by atoms with Crippen LogP contribution in [-0.2, 0) is 23.0 Å². The number of furan rings is 1. The third-order valence-electron chi connectivity index (χ3n) is 3.78. The molecule has 2 aromatic carbocycles. The van der Waals surface area contributed by atoms with Crippen LogP contribution in [0.3, 0.4) is 0 Å². The molecule has 6 heteroatoms. The van der Waals surface area contributed by atoms with Gasteiger partial charge in [-0.3, -0.25) is 9.00 Å². The summed E-state index contributed by atoms with van der Waals surface area (Å²) in [5, 5.41) is 3.28. The Morgan fingerprint density at radius 3 is 2.50 bits per heavy atom. The first-order valence-electron chi connectivity index (χ1n) is 8.17. The summed E-state index contributed by atoms with van der Waals surface area (Å²) in [6, 6.07) is 20.2. The number of rotatable bonds is 7. The Hall–Kier alpha value is -2.37. The van der Waals surface area contributed by atoms with Crippen LogP contribution in [0.5, 0.6) is 0 Å². The molecule has 1 N–H and O–H groups in total. The minimum absolute atomic E-state index is 0.168. The van der Waals surface area contributed by atoms with Gasteiger partial charge in [-0.25, -0.2) is 0 Å². The van der Waals surface area contributed by atoms with E-state index in [2.05, 4.69) is 5.32 Å². The molecular formula is C20H18ClNO3S. The van der Waals surface area contributed by atoms with Gasteiger partial charge in [0.05, 0.1) is 26.5 Å². The molecule has 1 aromatic heterocycles. The average Bonchev–Trinajstić information content (AvgIpc) is 3.11. The maximum atomic E-state index is 12.4. The highest BCUT2D eigenvalue weighted by Crippen LogP contribution is 2.22.